The molecular formula is C22H25ClN4OS. The standard InChI is InChI=1S/C22H25ClN4OS/c1-15-19(12-17-8-4-5-9-20(17)23)16(2)27(25-15)22-24-18(14-29-22)13-21(28)26-10-6-3-7-11-26/h4-5,8-9,14H,3,6-7,10-13H2,1-2H3. The van der Waals surface area contributed by atoms with Crippen molar-refractivity contribution in [2.45, 2.75) is 46.0 Å². The Morgan fingerprint density at radius 2 is 1.93 bits per heavy atom. The number of hydrogen-bond donors (Lipinski definition) is 0. The van der Waals surface area contributed by atoms with Crippen molar-refractivity contribution < 1.29 is 4.79 Å². The van der Waals surface area contributed by atoms with Gasteiger partial charge in [0.25, 0.3) is 0 Å². The van der Waals surface area contributed by atoms with Crippen LogP contribution in [0.25, 0.3) is 5.13 Å². The van der Waals surface area contributed by atoms with Gasteiger partial charge in [-0.15, -0.1) is 11.3 Å². The molecule has 0 unspecified atom stereocenters. The quantitative estimate of drug-likeness (QED) is 0.589. The minimum absolute atomic E-state index is 0.175. The Morgan fingerprint density at radius 3 is 2.69 bits per heavy atom. The third-order valence-electron chi connectivity index (χ3n) is 5.53. The molecule has 0 bridgehead atoms. The normalized spacial score (nSPS) is 14.4. The van der Waals surface area contributed by atoms with Crippen molar-refractivity contribution in [3.8, 4) is 5.13 Å². The summed E-state index contributed by atoms with van der Waals surface area (Å²) in [6.07, 6.45) is 4.53. The highest BCUT2D eigenvalue weighted by Gasteiger charge is 2.20. The van der Waals surface area contributed by atoms with Gasteiger partial charge in [-0.3, -0.25) is 4.79 Å². The van der Waals surface area contributed by atoms with Crippen LogP contribution in [0.4, 0.5) is 0 Å². The molecule has 1 aromatic carbocycles. The largest absolute Gasteiger partial charge is 0.342 e. The van der Waals surface area contributed by atoms with Gasteiger partial charge in [0.2, 0.25) is 11.0 Å². The summed E-state index contributed by atoms with van der Waals surface area (Å²) in [5, 5.41) is 8.26. The van der Waals surface area contributed by atoms with Gasteiger partial charge in [-0.25, -0.2) is 9.67 Å². The first kappa shape index (κ1) is 20.1. The number of benzene rings is 1. The van der Waals surface area contributed by atoms with E-state index in [-0.39, 0.29) is 5.91 Å². The minimum Gasteiger partial charge on any atom is -0.342 e. The molecular weight excluding hydrogens is 404 g/mol. The maximum absolute atomic E-state index is 12.5. The maximum Gasteiger partial charge on any atom is 0.228 e. The highest BCUT2D eigenvalue weighted by Crippen LogP contribution is 2.26. The van der Waals surface area contributed by atoms with Gasteiger partial charge in [-0.05, 0) is 44.7 Å². The molecule has 3 aromatic rings. The van der Waals surface area contributed by atoms with Crippen LogP contribution in [0.1, 0.15) is 47.5 Å². The highest BCUT2D eigenvalue weighted by atomic mass is 35.5. The van der Waals surface area contributed by atoms with Crippen molar-refractivity contribution in [2.24, 2.45) is 0 Å². The number of hydrogen-bond acceptors (Lipinski definition) is 4. The van der Waals surface area contributed by atoms with E-state index in [1.165, 1.54) is 23.3 Å². The zero-order valence-electron chi connectivity index (χ0n) is 16.8. The molecule has 29 heavy (non-hydrogen) atoms. The van der Waals surface area contributed by atoms with E-state index in [1.54, 1.807) is 0 Å². The molecule has 1 fully saturated rings. The van der Waals surface area contributed by atoms with Crippen LogP contribution in [0, 0.1) is 13.8 Å². The van der Waals surface area contributed by atoms with E-state index in [4.69, 9.17) is 21.7 Å². The molecule has 5 nitrogen and oxygen atoms in total. The Balaban J connectivity index is 1.52. The van der Waals surface area contributed by atoms with Crippen LogP contribution < -0.4 is 0 Å². The van der Waals surface area contributed by atoms with Crippen LogP contribution in [0.3, 0.4) is 0 Å². The predicted octanol–water partition coefficient (Wildman–Crippen LogP) is 4.74. The van der Waals surface area contributed by atoms with E-state index < -0.39 is 0 Å². The lowest BCUT2D eigenvalue weighted by Crippen LogP contribution is -2.36. The fraction of sp³-hybridized carbons (Fsp3) is 0.409. The number of aryl methyl sites for hydroxylation is 1. The van der Waals surface area contributed by atoms with Crippen LogP contribution in [-0.4, -0.2) is 38.7 Å². The van der Waals surface area contributed by atoms with E-state index in [0.29, 0.717) is 6.42 Å². The monoisotopic (exact) mass is 428 g/mol. The zero-order valence-corrected chi connectivity index (χ0v) is 18.4. The fourth-order valence-electron chi connectivity index (χ4n) is 3.83. The lowest BCUT2D eigenvalue weighted by molar-refractivity contribution is -0.131. The van der Waals surface area contributed by atoms with Gasteiger partial charge in [0, 0.05) is 41.2 Å². The lowest BCUT2D eigenvalue weighted by atomic mass is 10.0. The van der Waals surface area contributed by atoms with Gasteiger partial charge in [0.1, 0.15) is 0 Å². The Labute approximate surface area is 180 Å². The van der Waals surface area contributed by atoms with Gasteiger partial charge >= 0.3 is 0 Å². The first-order valence-corrected chi connectivity index (χ1v) is 11.3. The molecule has 0 radical (unpaired) electrons. The van der Waals surface area contributed by atoms with Crippen molar-refractivity contribution in [3.05, 3.63) is 62.9 Å². The average Bonchev–Trinajstić information content (AvgIpc) is 3.29. The summed E-state index contributed by atoms with van der Waals surface area (Å²) in [7, 11) is 0. The smallest absolute Gasteiger partial charge is 0.228 e. The summed E-state index contributed by atoms with van der Waals surface area (Å²) in [5.74, 6) is 0.175. The maximum atomic E-state index is 12.5. The molecule has 3 heterocycles. The number of carbonyl (C=O) groups is 1. The van der Waals surface area contributed by atoms with Gasteiger partial charge in [0.05, 0.1) is 17.8 Å². The number of amides is 1. The molecule has 7 heteroatoms. The van der Waals surface area contributed by atoms with E-state index in [9.17, 15) is 4.79 Å². The third kappa shape index (κ3) is 4.38. The van der Waals surface area contributed by atoms with E-state index >= 15 is 0 Å². The lowest BCUT2D eigenvalue weighted by Gasteiger charge is -2.26. The molecule has 1 amide bonds. The number of piperidine rings is 1. The predicted molar refractivity (Wildman–Crippen MR) is 117 cm³/mol. The van der Waals surface area contributed by atoms with Crippen molar-refractivity contribution in [2.75, 3.05) is 13.1 Å². The van der Waals surface area contributed by atoms with Crippen LogP contribution in [0.5, 0.6) is 0 Å². The zero-order chi connectivity index (χ0) is 20.4. The van der Waals surface area contributed by atoms with Crippen LogP contribution in [0.2, 0.25) is 5.02 Å². The first-order valence-electron chi connectivity index (χ1n) is 10.0. The SMILES string of the molecule is Cc1nn(-c2nc(CC(=O)N3CCCCC3)cs2)c(C)c1Cc1ccccc1Cl. The summed E-state index contributed by atoms with van der Waals surface area (Å²) >= 11 is 7.87. The first-order chi connectivity index (χ1) is 14.0. The van der Waals surface area contributed by atoms with E-state index in [2.05, 4.69) is 6.92 Å². The minimum atomic E-state index is 0.175. The Kier molecular flexibility index (Phi) is 6.01. The number of thiazole rings is 1. The van der Waals surface area contributed by atoms with Gasteiger partial charge in [-0.2, -0.15) is 5.10 Å². The van der Waals surface area contributed by atoms with Crippen LogP contribution in [-0.2, 0) is 17.6 Å². The topological polar surface area (TPSA) is 51.0 Å². The second-order valence-corrected chi connectivity index (χ2v) is 8.81. The summed E-state index contributed by atoms with van der Waals surface area (Å²) in [6.45, 7) is 5.83. The van der Waals surface area contributed by atoms with Crippen molar-refractivity contribution in [3.63, 3.8) is 0 Å². The average molecular weight is 429 g/mol. The third-order valence-corrected chi connectivity index (χ3v) is 6.76. The number of carbonyl (C=O) groups excluding carboxylic acids is 1. The highest BCUT2D eigenvalue weighted by molar-refractivity contribution is 7.12. The number of halogens is 1. The Morgan fingerprint density at radius 1 is 1.17 bits per heavy atom. The summed E-state index contributed by atoms with van der Waals surface area (Å²) in [5.41, 5.74) is 5.11. The molecule has 0 aliphatic carbocycles. The molecule has 1 aliphatic rings. The Hall–Kier alpha value is -2.18. The summed E-state index contributed by atoms with van der Waals surface area (Å²) in [4.78, 5) is 19.2. The molecule has 4 rings (SSSR count). The van der Waals surface area contributed by atoms with Crippen LogP contribution in [0.15, 0.2) is 29.6 Å². The van der Waals surface area contributed by atoms with Crippen molar-refractivity contribution >= 4 is 28.8 Å². The van der Waals surface area contributed by atoms with E-state index in [0.717, 1.165) is 65.2 Å². The molecule has 1 saturated heterocycles. The Bertz CT molecular complexity index is 1020. The molecule has 0 N–H and O–H groups in total. The van der Waals surface area contributed by atoms with Crippen molar-refractivity contribution in [1.82, 2.24) is 19.7 Å². The number of aromatic nitrogens is 3. The number of likely N-dealkylation sites (tertiary alicyclic amines) is 1. The van der Waals surface area contributed by atoms with Crippen molar-refractivity contribution in [1.29, 1.82) is 0 Å². The summed E-state index contributed by atoms with van der Waals surface area (Å²) in [6, 6.07) is 7.91. The van der Waals surface area contributed by atoms with Gasteiger partial charge in [0.15, 0.2) is 0 Å². The number of rotatable bonds is 5. The van der Waals surface area contributed by atoms with Gasteiger partial charge < -0.3 is 4.90 Å². The van der Waals surface area contributed by atoms with Crippen LogP contribution >= 0.6 is 22.9 Å². The number of nitrogens with zero attached hydrogens (tertiary/aromatic N) is 4. The molecule has 0 saturated carbocycles. The molecule has 1 aliphatic heterocycles. The molecule has 152 valence electrons. The molecule has 2 aromatic heterocycles. The molecule has 0 spiro atoms. The summed E-state index contributed by atoms with van der Waals surface area (Å²) < 4.78 is 1.89. The second kappa shape index (κ2) is 8.67. The second-order valence-electron chi connectivity index (χ2n) is 7.57. The fourth-order valence-corrected chi connectivity index (χ4v) is 4.86. The molecule has 0 atom stereocenters. The van der Waals surface area contributed by atoms with E-state index in [1.807, 2.05) is 46.2 Å². The van der Waals surface area contributed by atoms with Gasteiger partial charge in [-0.1, -0.05) is 29.8 Å².